The second-order valence-corrected chi connectivity index (χ2v) is 6.15. The van der Waals surface area contributed by atoms with Gasteiger partial charge < -0.3 is 15.2 Å². The molecule has 3 rings (SSSR count). The maximum atomic E-state index is 12.5. The second-order valence-electron chi connectivity index (χ2n) is 6.15. The third-order valence-electron chi connectivity index (χ3n) is 4.53. The minimum Gasteiger partial charge on any atom is -0.337 e. The molecule has 2 N–H and O–H groups in total. The predicted molar refractivity (Wildman–Crippen MR) is 94.8 cm³/mol. The Morgan fingerprint density at radius 2 is 2.25 bits per heavy atom. The summed E-state index contributed by atoms with van der Waals surface area (Å²) in [7, 11) is 1.99. The molecule has 2 aromatic rings. The third kappa shape index (κ3) is 3.66. The molecule has 128 valence electrons. The van der Waals surface area contributed by atoms with Crippen LogP contribution < -0.4 is 10.6 Å². The van der Waals surface area contributed by atoms with Crippen LogP contribution in [0.2, 0.25) is 0 Å². The van der Waals surface area contributed by atoms with E-state index < -0.39 is 0 Å². The van der Waals surface area contributed by atoms with Gasteiger partial charge in [0.15, 0.2) is 0 Å². The van der Waals surface area contributed by atoms with Crippen LogP contribution in [0.4, 0.5) is 5.69 Å². The van der Waals surface area contributed by atoms with Gasteiger partial charge in [0, 0.05) is 44.8 Å². The monoisotopic (exact) mass is 327 g/mol. The molecular weight excluding hydrogens is 302 g/mol. The predicted octanol–water partition coefficient (Wildman–Crippen LogP) is 1.57. The molecule has 0 aliphatic carbocycles. The molecule has 0 radical (unpaired) electrons. The van der Waals surface area contributed by atoms with Crippen LogP contribution in [0.5, 0.6) is 0 Å². The van der Waals surface area contributed by atoms with Crippen LogP contribution in [0.25, 0.3) is 0 Å². The van der Waals surface area contributed by atoms with Gasteiger partial charge in [-0.1, -0.05) is 25.1 Å². The minimum atomic E-state index is 0.0250. The Morgan fingerprint density at radius 1 is 1.42 bits per heavy atom. The van der Waals surface area contributed by atoms with Crippen molar-refractivity contribution in [2.75, 3.05) is 31.5 Å². The number of carbonyl (C=O) groups is 1. The van der Waals surface area contributed by atoms with E-state index in [-0.39, 0.29) is 11.9 Å². The summed E-state index contributed by atoms with van der Waals surface area (Å²) in [6.45, 7) is 5.00. The Bertz CT molecular complexity index is 696. The van der Waals surface area contributed by atoms with Gasteiger partial charge in [-0.15, -0.1) is 0 Å². The molecule has 2 heterocycles. The molecule has 1 fully saturated rings. The van der Waals surface area contributed by atoms with Crippen molar-refractivity contribution in [3.05, 3.63) is 48.0 Å². The van der Waals surface area contributed by atoms with Gasteiger partial charge in [0.05, 0.1) is 12.6 Å². The van der Waals surface area contributed by atoms with Crippen molar-refractivity contribution in [2.24, 2.45) is 7.05 Å². The number of piperazine rings is 1. The number of aryl methyl sites for hydroxylation is 2. The number of aromatic nitrogens is 2. The Labute approximate surface area is 142 Å². The van der Waals surface area contributed by atoms with E-state index in [2.05, 4.69) is 33.5 Å². The molecule has 1 aromatic heterocycles. The average molecular weight is 327 g/mol. The molecule has 1 aromatic carbocycles. The molecule has 0 saturated carbocycles. The molecule has 6 heteroatoms. The van der Waals surface area contributed by atoms with Gasteiger partial charge in [-0.05, 0) is 18.1 Å². The lowest BCUT2D eigenvalue weighted by Gasteiger charge is -2.35. The van der Waals surface area contributed by atoms with Crippen molar-refractivity contribution in [2.45, 2.75) is 19.4 Å². The molecule has 1 aliphatic rings. The highest BCUT2D eigenvalue weighted by Crippen LogP contribution is 2.21. The number of carbonyl (C=O) groups excluding carboxylic acids is 1. The van der Waals surface area contributed by atoms with E-state index >= 15 is 0 Å². The highest BCUT2D eigenvalue weighted by atomic mass is 16.2. The topological polar surface area (TPSA) is 62.2 Å². The molecule has 6 nitrogen and oxygen atoms in total. The van der Waals surface area contributed by atoms with E-state index in [0.29, 0.717) is 6.54 Å². The van der Waals surface area contributed by atoms with Gasteiger partial charge in [-0.2, -0.15) is 0 Å². The van der Waals surface area contributed by atoms with Crippen LogP contribution in [-0.4, -0.2) is 46.5 Å². The van der Waals surface area contributed by atoms with Gasteiger partial charge in [0.1, 0.15) is 5.82 Å². The van der Waals surface area contributed by atoms with Crippen molar-refractivity contribution < 1.29 is 4.79 Å². The third-order valence-corrected chi connectivity index (χ3v) is 4.53. The van der Waals surface area contributed by atoms with Gasteiger partial charge in [-0.3, -0.25) is 9.69 Å². The number of hydrogen-bond donors (Lipinski definition) is 2. The first kappa shape index (κ1) is 16.7. The molecule has 1 aliphatic heterocycles. The number of imidazole rings is 1. The number of anilines is 1. The largest absolute Gasteiger partial charge is 0.337 e. The fourth-order valence-corrected chi connectivity index (χ4v) is 3.21. The standard InChI is InChI=1S/C18H25N5O/c1-3-14-6-4-5-7-15(14)21-17(24)13-23-11-8-19-12-16(23)18-20-9-10-22(18)2/h4-7,9-10,16,19H,3,8,11-13H2,1-2H3,(H,21,24). The van der Waals surface area contributed by atoms with Crippen LogP contribution >= 0.6 is 0 Å². The van der Waals surface area contributed by atoms with Gasteiger partial charge in [0.25, 0.3) is 0 Å². The molecular formula is C18H25N5O. The summed E-state index contributed by atoms with van der Waals surface area (Å²) in [5.41, 5.74) is 2.07. The van der Waals surface area contributed by atoms with E-state index in [9.17, 15) is 4.79 Å². The Kier molecular flexibility index (Phi) is 5.27. The van der Waals surface area contributed by atoms with Crippen molar-refractivity contribution in [1.29, 1.82) is 0 Å². The van der Waals surface area contributed by atoms with Crippen LogP contribution in [0.3, 0.4) is 0 Å². The van der Waals surface area contributed by atoms with Gasteiger partial charge in [-0.25, -0.2) is 4.98 Å². The van der Waals surface area contributed by atoms with E-state index in [1.54, 1.807) is 6.20 Å². The number of nitrogens with zero attached hydrogens (tertiary/aromatic N) is 3. The number of nitrogens with one attached hydrogen (secondary N) is 2. The molecule has 0 spiro atoms. The van der Waals surface area contributed by atoms with E-state index in [1.165, 1.54) is 0 Å². The summed E-state index contributed by atoms with van der Waals surface area (Å²) in [5.74, 6) is 1.01. The van der Waals surface area contributed by atoms with Crippen LogP contribution in [0.15, 0.2) is 36.7 Å². The Balaban J connectivity index is 1.69. The lowest BCUT2D eigenvalue weighted by atomic mass is 10.1. The molecule has 1 saturated heterocycles. The SMILES string of the molecule is CCc1ccccc1NC(=O)CN1CCNCC1c1nccn1C. The first-order chi connectivity index (χ1) is 11.7. The number of benzene rings is 1. The molecule has 0 bridgehead atoms. The summed E-state index contributed by atoms with van der Waals surface area (Å²) in [4.78, 5) is 19.2. The first-order valence-corrected chi connectivity index (χ1v) is 8.48. The zero-order valence-electron chi connectivity index (χ0n) is 14.3. The summed E-state index contributed by atoms with van der Waals surface area (Å²) >= 11 is 0. The van der Waals surface area contributed by atoms with E-state index in [1.807, 2.05) is 36.0 Å². The smallest absolute Gasteiger partial charge is 0.238 e. The first-order valence-electron chi connectivity index (χ1n) is 8.48. The summed E-state index contributed by atoms with van der Waals surface area (Å²) < 4.78 is 2.02. The number of hydrogen-bond acceptors (Lipinski definition) is 4. The molecule has 1 unspecified atom stereocenters. The fourth-order valence-electron chi connectivity index (χ4n) is 3.21. The second kappa shape index (κ2) is 7.59. The molecule has 1 atom stereocenters. The van der Waals surface area contributed by atoms with Crippen LogP contribution in [0.1, 0.15) is 24.4 Å². The highest BCUT2D eigenvalue weighted by Gasteiger charge is 2.28. The summed E-state index contributed by atoms with van der Waals surface area (Å²) in [5, 5.41) is 6.46. The van der Waals surface area contributed by atoms with E-state index in [0.717, 1.165) is 43.1 Å². The lowest BCUT2D eigenvalue weighted by molar-refractivity contribution is -0.118. The van der Waals surface area contributed by atoms with Crippen LogP contribution in [0, 0.1) is 0 Å². The van der Waals surface area contributed by atoms with Crippen LogP contribution in [-0.2, 0) is 18.3 Å². The maximum Gasteiger partial charge on any atom is 0.238 e. The Hall–Kier alpha value is -2.18. The quantitative estimate of drug-likeness (QED) is 0.875. The van der Waals surface area contributed by atoms with Crippen molar-refractivity contribution in [1.82, 2.24) is 19.8 Å². The number of amides is 1. The molecule has 24 heavy (non-hydrogen) atoms. The zero-order valence-corrected chi connectivity index (χ0v) is 14.3. The Morgan fingerprint density at radius 3 is 3.00 bits per heavy atom. The lowest BCUT2D eigenvalue weighted by Crippen LogP contribution is -2.49. The average Bonchev–Trinajstić information content (AvgIpc) is 3.01. The minimum absolute atomic E-state index is 0.0250. The highest BCUT2D eigenvalue weighted by molar-refractivity contribution is 5.93. The van der Waals surface area contributed by atoms with E-state index in [4.69, 9.17) is 0 Å². The fraction of sp³-hybridized carbons (Fsp3) is 0.444. The summed E-state index contributed by atoms with van der Waals surface area (Å²) in [6, 6.07) is 8.09. The number of rotatable bonds is 5. The van der Waals surface area contributed by atoms with Crippen molar-refractivity contribution in [3.63, 3.8) is 0 Å². The van der Waals surface area contributed by atoms with Gasteiger partial charge >= 0.3 is 0 Å². The maximum absolute atomic E-state index is 12.5. The summed E-state index contributed by atoms with van der Waals surface area (Å²) in [6.07, 6.45) is 4.65. The number of para-hydroxylation sites is 1. The molecule has 1 amide bonds. The van der Waals surface area contributed by atoms with Gasteiger partial charge in [0.2, 0.25) is 5.91 Å². The normalized spacial score (nSPS) is 18.5. The van der Waals surface area contributed by atoms with Crippen molar-refractivity contribution in [3.8, 4) is 0 Å². The van der Waals surface area contributed by atoms with Crippen molar-refractivity contribution >= 4 is 11.6 Å². The zero-order chi connectivity index (χ0) is 16.9.